The van der Waals surface area contributed by atoms with Crippen molar-refractivity contribution in [1.82, 2.24) is 9.97 Å². The van der Waals surface area contributed by atoms with Crippen molar-refractivity contribution in [2.24, 2.45) is 0 Å². The molecule has 1 saturated heterocycles. The molecule has 2 aliphatic rings. The lowest BCUT2D eigenvalue weighted by Gasteiger charge is -2.28. The van der Waals surface area contributed by atoms with Gasteiger partial charge in [0, 0.05) is 37.2 Å². The molecule has 7 heteroatoms. The van der Waals surface area contributed by atoms with Gasteiger partial charge >= 0.3 is 0 Å². The number of aromatic nitrogens is 2. The summed E-state index contributed by atoms with van der Waals surface area (Å²) in [6.45, 7) is 3.26. The Bertz CT molecular complexity index is 1110. The van der Waals surface area contributed by atoms with E-state index in [1.54, 1.807) is 17.0 Å². The third kappa shape index (κ3) is 4.16. The number of nitrogens with zero attached hydrogens (tertiary/aromatic N) is 4. The molecule has 0 unspecified atom stereocenters. The van der Waals surface area contributed by atoms with Crippen LogP contribution in [-0.2, 0) is 22.4 Å². The van der Waals surface area contributed by atoms with Crippen LogP contribution in [0.3, 0.4) is 0 Å². The second-order valence-corrected chi connectivity index (χ2v) is 8.11. The van der Waals surface area contributed by atoms with Gasteiger partial charge in [0.1, 0.15) is 11.6 Å². The lowest BCUT2D eigenvalue weighted by molar-refractivity contribution is -0.118. The highest BCUT2D eigenvalue weighted by molar-refractivity contribution is 5.96. The van der Waals surface area contributed by atoms with Crippen LogP contribution in [0.1, 0.15) is 17.5 Å². The maximum absolute atomic E-state index is 13.2. The number of phenolic OH excluding ortho intramolecular Hbond substituents is 1. The molecule has 2 aromatic carbocycles. The van der Waals surface area contributed by atoms with Crippen molar-refractivity contribution in [3.05, 3.63) is 65.7 Å². The van der Waals surface area contributed by atoms with Gasteiger partial charge in [-0.1, -0.05) is 42.5 Å². The molecule has 3 aromatic rings. The summed E-state index contributed by atoms with van der Waals surface area (Å²) >= 11 is 0. The number of carbonyl (C=O) groups excluding carboxylic acids is 1. The number of benzene rings is 2. The Morgan fingerprint density at radius 3 is 2.59 bits per heavy atom. The van der Waals surface area contributed by atoms with Crippen molar-refractivity contribution in [2.75, 3.05) is 42.6 Å². The number of carbonyl (C=O) groups is 1. The summed E-state index contributed by atoms with van der Waals surface area (Å²) in [5.41, 5.74) is 3.72. The van der Waals surface area contributed by atoms with Crippen LogP contribution in [0.5, 0.6) is 5.75 Å². The largest absolute Gasteiger partial charge is 0.508 e. The van der Waals surface area contributed by atoms with Gasteiger partial charge in [-0.2, -0.15) is 4.98 Å². The number of hydrogen-bond acceptors (Lipinski definition) is 6. The van der Waals surface area contributed by atoms with Crippen molar-refractivity contribution in [2.45, 2.75) is 19.3 Å². The minimum atomic E-state index is 0.0705. The molecule has 0 aliphatic carbocycles. The SMILES string of the molecule is O=C(CCc1ccccc1)N1CCc2c(-c3cccc(O)c3)nc(N3CCOCC3)nc21. The first-order valence-corrected chi connectivity index (χ1v) is 11.1. The predicted octanol–water partition coefficient (Wildman–Crippen LogP) is 3.21. The molecular formula is C25H26N4O3. The van der Waals surface area contributed by atoms with Gasteiger partial charge in [0.2, 0.25) is 11.9 Å². The zero-order chi connectivity index (χ0) is 21.9. The minimum absolute atomic E-state index is 0.0705. The summed E-state index contributed by atoms with van der Waals surface area (Å²) in [4.78, 5) is 26.8. The van der Waals surface area contributed by atoms with Gasteiger partial charge in [-0.3, -0.25) is 9.69 Å². The number of phenols is 1. The van der Waals surface area contributed by atoms with E-state index in [0.717, 1.165) is 22.4 Å². The molecule has 7 nitrogen and oxygen atoms in total. The third-order valence-corrected chi connectivity index (χ3v) is 6.00. The van der Waals surface area contributed by atoms with Gasteiger partial charge in [-0.15, -0.1) is 0 Å². The van der Waals surface area contributed by atoms with Crippen LogP contribution < -0.4 is 9.80 Å². The average Bonchev–Trinajstić information content (AvgIpc) is 3.27. The zero-order valence-corrected chi connectivity index (χ0v) is 17.9. The molecule has 32 heavy (non-hydrogen) atoms. The first kappa shape index (κ1) is 20.5. The molecule has 0 radical (unpaired) electrons. The van der Waals surface area contributed by atoms with E-state index < -0.39 is 0 Å². The first-order valence-electron chi connectivity index (χ1n) is 11.1. The van der Waals surface area contributed by atoms with E-state index in [2.05, 4.69) is 4.90 Å². The van der Waals surface area contributed by atoms with Crippen molar-refractivity contribution in [3.8, 4) is 17.0 Å². The summed E-state index contributed by atoms with van der Waals surface area (Å²) < 4.78 is 5.48. The van der Waals surface area contributed by atoms with E-state index in [0.29, 0.717) is 63.9 Å². The van der Waals surface area contributed by atoms with Gasteiger partial charge in [0.05, 0.1) is 18.9 Å². The topological polar surface area (TPSA) is 78.8 Å². The highest BCUT2D eigenvalue weighted by Crippen LogP contribution is 2.36. The fraction of sp³-hybridized carbons (Fsp3) is 0.320. The first-order chi connectivity index (χ1) is 15.7. The van der Waals surface area contributed by atoms with Crippen LogP contribution in [0.4, 0.5) is 11.8 Å². The number of fused-ring (bicyclic) bond motifs is 1. The number of aryl methyl sites for hydroxylation is 1. The Balaban J connectivity index is 1.49. The minimum Gasteiger partial charge on any atom is -0.508 e. The van der Waals surface area contributed by atoms with Gasteiger partial charge in [0.25, 0.3) is 0 Å². The fourth-order valence-corrected chi connectivity index (χ4v) is 4.31. The van der Waals surface area contributed by atoms with Crippen LogP contribution in [-0.4, -0.2) is 53.8 Å². The van der Waals surface area contributed by atoms with E-state index in [-0.39, 0.29) is 11.7 Å². The van der Waals surface area contributed by atoms with Crippen LogP contribution in [0, 0.1) is 0 Å². The fourth-order valence-electron chi connectivity index (χ4n) is 4.31. The third-order valence-electron chi connectivity index (χ3n) is 6.00. The van der Waals surface area contributed by atoms with Crippen LogP contribution in [0.15, 0.2) is 54.6 Å². The molecule has 0 atom stereocenters. The highest BCUT2D eigenvalue weighted by atomic mass is 16.5. The molecule has 1 aromatic heterocycles. The standard InChI is InChI=1S/C25H26N4O3/c30-20-8-4-7-19(17-20)23-21-11-12-29(22(31)10-9-18-5-2-1-3-6-18)24(21)27-25(26-23)28-13-15-32-16-14-28/h1-8,17,30H,9-16H2. The Kier molecular flexibility index (Phi) is 5.73. The number of ether oxygens (including phenoxy) is 1. The molecule has 164 valence electrons. The highest BCUT2D eigenvalue weighted by Gasteiger charge is 2.31. The number of morpholine rings is 1. The van der Waals surface area contributed by atoms with Crippen LogP contribution >= 0.6 is 0 Å². The van der Waals surface area contributed by atoms with E-state index in [9.17, 15) is 9.90 Å². The van der Waals surface area contributed by atoms with Gasteiger partial charge < -0.3 is 14.7 Å². The number of rotatable bonds is 5. The van der Waals surface area contributed by atoms with Crippen molar-refractivity contribution in [1.29, 1.82) is 0 Å². The molecule has 1 N–H and O–H groups in total. The van der Waals surface area contributed by atoms with Gasteiger partial charge in [-0.05, 0) is 30.5 Å². The summed E-state index contributed by atoms with van der Waals surface area (Å²) in [7, 11) is 0. The molecular weight excluding hydrogens is 404 g/mol. The summed E-state index contributed by atoms with van der Waals surface area (Å²) in [5.74, 6) is 1.56. The van der Waals surface area contributed by atoms with Crippen molar-refractivity contribution in [3.63, 3.8) is 0 Å². The molecule has 1 amide bonds. The Labute approximate surface area is 187 Å². The molecule has 5 rings (SSSR count). The van der Waals surface area contributed by atoms with Gasteiger partial charge in [0.15, 0.2) is 0 Å². The second kappa shape index (κ2) is 8.96. The van der Waals surface area contributed by atoms with Crippen molar-refractivity contribution < 1.29 is 14.6 Å². The molecule has 2 aliphatic heterocycles. The van der Waals surface area contributed by atoms with Crippen LogP contribution in [0.2, 0.25) is 0 Å². The second-order valence-electron chi connectivity index (χ2n) is 8.11. The lowest BCUT2D eigenvalue weighted by Crippen LogP contribution is -2.38. The predicted molar refractivity (Wildman–Crippen MR) is 123 cm³/mol. The van der Waals surface area contributed by atoms with E-state index in [4.69, 9.17) is 14.7 Å². The van der Waals surface area contributed by atoms with E-state index in [1.807, 2.05) is 42.5 Å². The number of aromatic hydroxyl groups is 1. The Morgan fingerprint density at radius 1 is 1.00 bits per heavy atom. The zero-order valence-electron chi connectivity index (χ0n) is 17.9. The number of amides is 1. The van der Waals surface area contributed by atoms with Crippen LogP contribution in [0.25, 0.3) is 11.3 Å². The number of hydrogen-bond donors (Lipinski definition) is 1. The smallest absolute Gasteiger partial charge is 0.228 e. The molecule has 1 fully saturated rings. The molecule has 3 heterocycles. The van der Waals surface area contributed by atoms with E-state index >= 15 is 0 Å². The Morgan fingerprint density at radius 2 is 1.81 bits per heavy atom. The maximum atomic E-state index is 13.2. The molecule has 0 bridgehead atoms. The summed E-state index contributed by atoms with van der Waals surface area (Å²) in [5, 5.41) is 10.0. The average molecular weight is 431 g/mol. The lowest BCUT2D eigenvalue weighted by atomic mass is 10.1. The van der Waals surface area contributed by atoms with E-state index in [1.165, 1.54) is 0 Å². The number of anilines is 2. The molecule has 0 saturated carbocycles. The summed E-state index contributed by atoms with van der Waals surface area (Å²) in [6, 6.07) is 17.2. The van der Waals surface area contributed by atoms with Crippen molar-refractivity contribution >= 4 is 17.7 Å². The monoisotopic (exact) mass is 430 g/mol. The summed E-state index contributed by atoms with van der Waals surface area (Å²) in [6.07, 6.45) is 1.83. The normalized spacial score (nSPS) is 15.6. The Hall–Kier alpha value is -3.45. The maximum Gasteiger partial charge on any atom is 0.228 e. The van der Waals surface area contributed by atoms with Gasteiger partial charge in [-0.25, -0.2) is 4.98 Å². The quantitative estimate of drug-likeness (QED) is 0.670. The molecule has 0 spiro atoms.